The summed E-state index contributed by atoms with van der Waals surface area (Å²) in [7, 11) is 0. The third kappa shape index (κ3) is 1.60. The highest BCUT2D eigenvalue weighted by Crippen LogP contribution is 2.29. The molecule has 0 aromatic heterocycles. The first-order chi connectivity index (χ1) is 7.11. The molecular formula is C11H12F2N2. The molecule has 0 unspecified atom stereocenters. The number of benzene rings is 1. The maximum Gasteiger partial charge on any atom is 0.152 e. The molecule has 0 spiro atoms. The fourth-order valence-electron chi connectivity index (χ4n) is 1.81. The average molecular weight is 210 g/mol. The number of halogens is 2. The summed E-state index contributed by atoms with van der Waals surface area (Å²) in [6.45, 7) is 2.12. The number of hydrogen-bond donors (Lipinski definition) is 1. The largest absolute Gasteiger partial charge is 0.325 e. The van der Waals surface area contributed by atoms with Crippen molar-refractivity contribution < 1.29 is 8.78 Å². The minimum absolute atomic E-state index is 0.0718. The zero-order valence-corrected chi connectivity index (χ0v) is 8.48. The van der Waals surface area contributed by atoms with Gasteiger partial charge in [-0.15, -0.1) is 0 Å². The van der Waals surface area contributed by atoms with E-state index < -0.39 is 11.6 Å². The summed E-state index contributed by atoms with van der Waals surface area (Å²) in [5, 5.41) is 7.60. The van der Waals surface area contributed by atoms with Crippen molar-refractivity contribution >= 4 is 11.5 Å². The first-order valence-corrected chi connectivity index (χ1v) is 4.91. The van der Waals surface area contributed by atoms with Crippen molar-refractivity contribution in [3.05, 3.63) is 29.3 Å². The van der Waals surface area contributed by atoms with Crippen LogP contribution in [0.15, 0.2) is 12.1 Å². The standard InChI is InChI=1S/C11H12F2N2/c1-7-4-5-8(12)11(10(7)13)15-6-2-3-9(15)14/h4-5,14H,2-3,6H2,1H3. The van der Waals surface area contributed by atoms with Gasteiger partial charge in [0.15, 0.2) is 5.82 Å². The van der Waals surface area contributed by atoms with Gasteiger partial charge >= 0.3 is 0 Å². The Hall–Kier alpha value is -1.45. The third-order valence-electron chi connectivity index (χ3n) is 2.65. The van der Waals surface area contributed by atoms with Crippen LogP contribution in [0.1, 0.15) is 18.4 Å². The van der Waals surface area contributed by atoms with Crippen LogP contribution in [0.2, 0.25) is 0 Å². The van der Waals surface area contributed by atoms with Crippen molar-refractivity contribution in [1.82, 2.24) is 0 Å². The highest BCUT2D eigenvalue weighted by atomic mass is 19.1. The van der Waals surface area contributed by atoms with Crippen LogP contribution in [-0.2, 0) is 0 Å². The Labute approximate surface area is 87.0 Å². The molecule has 1 saturated heterocycles. The molecule has 80 valence electrons. The molecule has 0 atom stereocenters. The van der Waals surface area contributed by atoms with Gasteiger partial charge in [0.05, 0.1) is 0 Å². The molecule has 0 bridgehead atoms. The highest BCUT2D eigenvalue weighted by molar-refractivity contribution is 5.97. The Morgan fingerprint density at radius 3 is 2.67 bits per heavy atom. The van der Waals surface area contributed by atoms with Gasteiger partial charge in [-0.25, -0.2) is 8.78 Å². The third-order valence-corrected chi connectivity index (χ3v) is 2.65. The first kappa shape index (κ1) is 10.1. The molecule has 4 heteroatoms. The molecule has 0 amide bonds. The van der Waals surface area contributed by atoms with Crippen molar-refractivity contribution in [3.63, 3.8) is 0 Å². The van der Waals surface area contributed by atoms with E-state index in [0.29, 0.717) is 24.4 Å². The Balaban J connectivity index is 2.51. The maximum absolute atomic E-state index is 13.7. The molecule has 15 heavy (non-hydrogen) atoms. The van der Waals surface area contributed by atoms with Crippen molar-refractivity contribution in [2.45, 2.75) is 19.8 Å². The normalized spacial score (nSPS) is 16.2. The second-order valence-electron chi connectivity index (χ2n) is 3.73. The van der Waals surface area contributed by atoms with E-state index in [2.05, 4.69) is 0 Å². The van der Waals surface area contributed by atoms with Crippen molar-refractivity contribution in [3.8, 4) is 0 Å². The smallest absolute Gasteiger partial charge is 0.152 e. The van der Waals surface area contributed by atoms with Crippen LogP contribution in [0.25, 0.3) is 0 Å². The van der Waals surface area contributed by atoms with Crippen LogP contribution in [0.4, 0.5) is 14.5 Å². The SMILES string of the molecule is Cc1ccc(F)c(N2CCCC2=N)c1F. The molecule has 1 N–H and O–H groups in total. The second kappa shape index (κ2) is 3.61. The molecule has 1 aliphatic heterocycles. The molecule has 0 radical (unpaired) electrons. The number of amidine groups is 1. The Kier molecular flexibility index (Phi) is 2.42. The van der Waals surface area contributed by atoms with Crippen LogP contribution in [-0.4, -0.2) is 12.4 Å². The van der Waals surface area contributed by atoms with Gasteiger partial charge in [-0.05, 0) is 25.0 Å². The maximum atomic E-state index is 13.7. The lowest BCUT2D eigenvalue weighted by Crippen LogP contribution is -2.25. The predicted molar refractivity (Wildman–Crippen MR) is 55.4 cm³/mol. The summed E-state index contributed by atoms with van der Waals surface area (Å²) in [6, 6.07) is 2.66. The fourth-order valence-corrected chi connectivity index (χ4v) is 1.81. The van der Waals surface area contributed by atoms with Crippen molar-refractivity contribution in [2.24, 2.45) is 0 Å². The minimum Gasteiger partial charge on any atom is -0.325 e. The molecule has 0 aliphatic carbocycles. The van der Waals surface area contributed by atoms with Crippen LogP contribution >= 0.6 is 0 Å². The lowest BCUT2D eigenvalue weighted by Gasteiger charge is -2.19. The summed E-state index contributed by atoms with van der Waals surface area (Å²) in [5.74, 6) is -0.857. The predicted octanol–water partition coefficient (Wildman–Crippen LogP) is 2.85. The highest BCUT2D eigenvalue weighted by Gasteiger charge is 2.25. The van der Waals surface area contributed by atoms with Gasteiger partial charge in [-0.1, -0.05) is 6.07 Å². The van der Waals surface area contributed by atoms with E-state index in [-0.39, 0.29) is 5.69 Å². The quantitative estimate of drug-likeness (QED) is 0.758. The molecule has 1 aromatic carbocycles. The number of rotatable bonds is 1. The van der Waals surface area contributed by atoms with Crippen LogP contribution in [0, 0.1) is 24.0 Å². The summed E-state index contributed by atoms with van der Waals surface area (Å²) in [4.78, 5) is 1.41. The van der Waals surface area contributed by atoms with Gasteiger partial charge in [-0.3, -0.25) is 5.41 Å². The van der Waals surface area contributed by atoms with Crippen LogP contribution in [0.3, 0.4) is 0 Å². The van der Waals surface area contributed by atoms with Gasteiger partial charge in [0.25, 0.3) is 0 Å². The van der Waals surface area contributed by atoms with Gasteiger partial charge in [0.2, 0.25) is 0 Å². The van der Waals surface area contributed by atoms with Crippen LogP contribution < -0.4 is 4.90 Å². The van der Waals surface area contributed by atoms with Gasteiger partial charge < -0.3 is 4.90 Å². The zero-order chi connectivity index (χ0) is 11.0. The van der Waals surface area contributed by atoms with Crippen molar-refractivity contribution in [2.75, 3.05) is 11.4 Å². The summed E-state index contributed by atoms with van der Waals surface area (Å²) in [5.41, 5.74) is 0.337. The lowest BCUT2D eigenvalue weighted by atomic mass is 10.2. The molecule has 1 aliphatic rings. The van der Waals surface area contributed by atoms with E-state index >= 15 is 0 Å². The van der Waals surface area contributed by atoms with Gasteiger partial charge in [-0.2, -0.15) is 0 Å². The van der Waals surface area contributed by atoms with Crippen LogP contribution in [0.5, 0.6) is 0 Å². The van der Waals surface area contributed by atoms with E-state index in [1.165, 1.54) is 17.0 Å². The van der Waals surface area contributed by atoms with E-state index in [9.17, 15) is 8.78 Å². The summed E-state index contributed by atoms with van der Waals surface area (Å²) >= 11 is 0. The Morgan fingerprint density at radius 2 is 2.07 bits per heavy atom. The van der Waals surface area contributed by atoms with E-state index in [1.807, 2.05) is 0 Å². The second-order valence-corrected chi connectivity index (χ2v) is 3.73. The lowest BCUT2D eigenvalue weighted by molar-refractivity contribution is 0.577. The summed E-state index contributed by atoms with van der Waals surface area (Å²) < 4.78 is 27.2. The average Bonchev–Trinajstić information content (AvgIpc) is 2.60. The monoisotopic (exact) mass is 210 g/mol. The molecular weight excluding hydrogens is 198 g/mol. The molecule has 1 heterocycles. The van der Waals surface area contributed by atoms with Crippen molar-refractivity contribution in [1.29, 1.82) is 5.41 Å². The van der Waals surface area contributed by atoms with E-state index in [0.717, 1.165) is 6.42 Å². The molecule has 2 rings (SSSR count). The molecule has 1 aromatic rings. The van der Waals surface area contributed by atoms with E-state index in [1.54, 1.807) is 6.92 Å². The number of anilines is 1. The number of hydrogen-bond acceptors (Lipinski definition) is 1. The zero-order valence-electron chi connectivity index (χ0n) is 8.48. The van der Waals surface area contributed by atoms with E-state index in [4.69, 9.17) is 5.41 Å². The fraction of sp³-hybridized carbons (Fsp3) is 0.364. The molecule has 0 saturated carbocycles. The number of aryl methyl sites for hydroxylation is 1. The number of nitrogens with one attached hydrogen (secondary N) is 1. The van der Waals surface area contributed by atoms with Gasteiger partial charge in [0, 0.05) is 13.0 Å². The number of nitrogens with zero attached hydrogens (tertiary/aromatic N) is 1. The Bertz CT molecular complexity index is 415. The topological polar surface area (TPSA) is 27.1 Å². The van der Waals surface area contributed by atoms with Gasteiger partial charge in [0.1, 0.15) is 17.3 Å². The first-order valence-electron chi connectivity index (χ1n) is 4.91. The Morgan fingerprint density at radius 1 is 1.33 bits per heavy atom. The summed E-state index contributed by atoms with van der Waals surface area (Å²) in [6.07, 6.45) is 1.37. The minimum atomic E-state index is -0.593. The molecule has 1 fully saturated rings. The molecule has 2 nitrogen and oxygen atoms in total.